The maximum atomic E-state index is 13.2. The third-order valence-corrected chi connectivity index (χ3v) is 4.56. The van der Waals surface area contributed by atoms with Gasteiger partial charge in [-0.15, -0.1) is 11.6 Å². The van der Waals surface area contributed by atoms with Crippen LogP contribution in [0.15, 0.2) is 48.5 Å². The van der Waals surface area contributed by atoms with Crippen molar-refractivity contribution in [3.63, 3.8) is 0 Å². The highest BCUT2D eigenvalue weighted by atomic mass is 35.5. The summed E-state index contributed by atoms with van der Waals surface area (Å²) in [6, 6.07) is 13.6. The van der Waals surface area contributed by atoms with Crippen molar-refractivity contribution >= 4 is 11.6 Å². The molecule has 0 amide bonds. The predicted octanol–water partition coefficient (Wildman–Crippen LogP) is 5.09. The topological polar surface area (TPSA) is 38.0 Å². The number of benzene rings is 2. The molecule has 0 saturated carbocycles. The molecule has 0 spiro atoms. The Morgan fingerprint density at radius 3 is 2.36 bits per heavy atom. The van der Waals surface area contributed by atoms with Crippen molar-refractivity contribution in [2.24, 2.45) is 5.73 Å². The van der Waals surface area contributed by atoms with E-state index < -0.39 is 0 Å². The maximum absolute atomic E-state index is 13.2. The minimum absolute atomic E-state index is 0.0862. The van der Waals surface area contributed by atoms with Crippen LogP contribution in [-0.4, -0.2) is 12.4 Å². The summed E-state index contributed by atoms with van der Waals surface area (Å²) in [4.78, 5) is 0. The fourth-order valence-corrected chi connectivity index (χ4v) is 3.09. The van der Waals surface area contributed by atoms with E-state index in [1.54, 1.807) is 24.3 Å². The molecule has 5 heteroatoms. The van der Waals surface area contributed by atoms with Crippen LogP contribution in [0.2, 0.25) is 0 Å². The number of rotatable bonds is 5. The second kappa shape index (κ2) is 10.5. The van der Waals surface area contributed by atoms with E-state index in [9.17, 15) is 8.78 Å². The van der Waals surface area contributed by atoms with Gasteiger partial charge in [0.25, 0.3) is 0 Å². The average molecular weight is 367 g/mol. The second-order valence-electron chi connectivity index (χ2n) is 6.13. The minimum Gasteiger partial charge on any atom is -0.324 e. The monoisotopic (exact) mass is 366 g/mol. The molecule has 1 aliphatic rings. The highest BCUT2D eigenvalue weighted by Gasteiger charge is 2.18. The van der Waals surface area contributed by atoms with Gasteiger partial charge < -0.3 is 11.1 Å². The summed E-state index contributed by atoms with van der Waals surface area (Å²) in [5, 5.41) is 3.27. The third-order valence-electron chi connectivity index (χ3n) is 4.29. The van der Waals surface area contributed by atoms with Crippen LogP contribution in [0.4, 0.5) is 8.78 Å². The van der Waals surface area contributed by atoms with E-state index in [0.717, 1.165) is 37.8 Å². The van der Waals surface area contributed by atoms with Gasteiger partial charge in [-0.25, -0.2) is 8.78 Å². The molecular weight excluding hydrogens is 342 g/mol. The SMILES string of the molecule is Fc1ccccc1[C@H]1CCCN1.N[C@H](CCCCl)c1ccccc1F. The Kier molecular flexibility index (Phi) is 8.32. The van der Waals surface area contributed by atoms with Gasteiger partial charge in [0.1, 0.15) is 11.6 Å². The molecule has 1 fully saturated rings. The largest absolute Gasteiger partial charge is 0.324 e. The van der Waals surface area contributed by atoms with Crippen LogP contribution in [0.3, 0.4) is 0 Å². The van der Waals surface area contributed by atoms with E-state index in [2.05, 4.69) is 5.32 Å². The van der Waals surface area contributed by atoms with Crippen molar-refractivity contribution in [2.45, 2.75) is 37.8 Å². The fraction of sp³-hybridized carbons (Fsp3) is 0.400. The van der Waals surface area contributed by atoms with Crippen LogP contribution in [0.5, 0.6) is 0 Å². The lowest BCUT2D eigenvalue weighted by Crippen LogP contribution is -2.13. The highest BCUT2D eigenvalue weighted by Crippen LogP contribution is 2.24. The summed E-state index contributed by atoms with van der Waals surface area (Å²) in [7, 11) is 0. The molecule has 0 bridgehead atoms. The Labute approximate surface area is 153 Å². The van der Waals surface area contributed by atoms with Crippen LogP contribution in [-0.2, 0) is 0 Å². The quantitative estimate of drug-likeness (QED) is 0.723. The molecule has 25 heavy (non-hydrogen) atoms. The highest BCUT2D eigenvalue weighted by molar-refractivity contribution is 6.17. The molecule has 0 aliphatic carbocycles. The van der Waals surface area contributed by atoms with Crippen molar-refractivity contribution in [1.29, 1.82) is 0 Å². The molecule has 2 aromatic rings. The van der Waals surface area contributed by atoms with E-state index in [-0.39, 0.29) is 23.7 Å². The Morgan fingerprint density at radius 1 is 1.08 bits per heavy atom. The Balaban J connectivity index is 0.000000181. The van der Waals surface area contributed by atoms with Gasteiger partial charge in [0.05, 0.1) is 0 Å². The van der Waals surface area contributed by atoms with Gasteiger partial charge in [0, 0.05) is 29.1 Å². The van der Waals surface area contributed by atoms with Gasteiger partial charge in [0.2, 0.25) is 0 Å². The minimum atomic E-state index is -0.236. The van der Waals surface area contributed by atoms with E-state index >= 15 is 0 Å². The van der Waals surface area contributed by atoms with Crippen molar-refractivity contribution in [3.05, 3.63) is 71.3 Å². The van der Waals surface area contributed by atoms with Crippen molar-refractivity contribution in [1.82, 2.24) is 5.32 Å². The number of nitrogens with two attached hydrogens (primary N) is 1. The molecular formula is C20H25ClF2N2. The number of alkyl halides is 1. The number of halogens is 3. The van der Waals surface area contributed by atoms with Crippen molar-refractivity contribution in [3.8, 4) is 0 Å². The Hall–Kier alpha value is -1.49. The molecule has 1 heterocycles. The van der Waals surface area contributed by atoms with Crippen LogP contribution in [0.1, 0.15) is 48.9 Å². The lowest BCUT2D eigenvalue weighted by molar-refractivity contribution is 0.559. The fourth-order valence-electron chi connectivity index (χ4n) is 2.94. The lowest BCUT2D eigenvalue weighted by atomic mass is 10.0. The Morgan fingerprint density at radius 2 is 1.76 bits per heavy atom. The van der Waals surface area contributed by atoms with Crippen molar-refractivity contribution in [2.75, 3.05) is 12.4 Å². The molecule has 0 unspecified atom stereocenters. The summed E-state index contributed by atoms with van der Waals surface area (Å²) in [6.07, 6.45) is 3.75. The van der Waals surface area contributed by atoms with Crippen LogP contribution < -0.4 is 11.1 Å². The molecule has 3 rings (SSSR count). The van der Waals surface area contributed by atoms with E-state index in [1.165, 1.54) is 12.1 Å². The molecule has 2 atom stereocenters. The number of hydrogen-bond donors (Lipinski definition) is 2. The lowest BCUT2D eigenvalue weighted by Gasteiger charge is -2.11. The number of nitrogens with one attached hydrogen (secondary N) is 1. The number of hydrogen-bond acceptors (Lipinski definition) is 2. The first-order valence-corrected chi connectivity index (χ1v) is 9.20. The van der Waals surface area contributed by atoms with E-state index in [4.69, 9.17) is 17.3 Å². The Bertz CT molecular complexity index is 645. The molecule has 136 valence electrons. The molecule has 3 N–H and O–H groups in total. The normalized spacial score (nSPS) is 17.7. The zero-order chi connectivity index (χ0) is 18.1. The standard InChI is InChI=1S/C10H13ClFN.C10H12FN/c11-7-3-6-10(13)8-4-1-2-5-9(8)12;11-9-5-2-1-4-8(9)10-6-3-7-12-10/h1-2,4-5,10H,3,6-7,13H2;1-2,4-5,10,12H,3,6-7H2/t2*10-/m11/s1. The average Bonchev–Trinajstić information content (AvgIpc) is 3.15. The first-order valence-electron chi connectivity index (χ1n) is 8.67. The maximum Gasteiger partial charge on any atom is 0.127 e. The van der Waals surface area contributed by atoms with Crippen LogP contribution in [0.25, 0.3) is 0 Å². The van der Waals surface area contributed by atoms with Gasteiger partial charge >= 0.3 is 0 Å². The van der Waals surface area contributed by atoms with Gasteiger partial charge in [-0.2, -0.15) is 0 Å². The van der Waals surface area contributed by atoms with Gasteiger partial charge in [-0.05, 0) is 44.4 Å². The van der Waals surface area contributed by atoms with Gasteiger partial charge in [-0.3, -0.25) is 0 Å². The summed E-state index contributed by atoms with van der Waals surface area (Å²) in [6.45, 7) is 1.01. The van der Waals surface area contributed by atoms with Crippen molar-refractivity contribution < 1.29 is 8.78 Å². The smallest absolute Gasteiger partial charge is 0.127 e. The molecule has 0 radical (unpaired) electrons. The first kappa shape index (κ1) is 19.8. The molecule has 0 aromatic heterocycles. The summed E-state index contributed by atoms with van der Waals surface area (Å²) >= 11 is 5.52. The van der Waals surface area contributed by atoms with Crippen LogP contribution in [0, 0.1) is 11.6 Å². The molecule has 1 saturated heterocycles. The zero-order valence-corrected chi connectivity index (χ0v) is 15.0. The van der Waals surface area contributed by atoms with E-state index in [0.29, 0.717) is 11.4 Å². The summed E-state index contributed by atoms with van der Waals surface area (Å²) in [5.41, 5.74) is 7.17. The molecule has 2 aromatic carbocycles. The van der Waals surface area contributed by atoms with Gasteiger partial charge in [0.15, 0.2) is 0 Å². The predicted molar refractivity (Wildman–Crippen MR) is 99.7 cm³/mol. The second-order valence-corrected chi connectivity index (χ2v) is 6.51. The summed E-state index contributed by atoms with van der Waals surface area (Å²) < 4.78 is 26.4. The zero-order valence-electron chi connectivity index (χ0n) is 14.2. The summed E-state index contributed by atoms with van der Waals surface area (Å²) in [5.74, 6) is 0.253. The third kappa shape index (κ3) is 6.07. The van der Waals surface area contributed by atoms with Crippen LogP contribution >= 0.6 is 11.6 Å². The molecule has 1 aliphatic heterocycles. The van der Waals surface area contributed by atoms with E-state index in [1.807, 2.05) is 12.1 Å². The first-order chi connectivity index (χ1) is 12.1. The molecule has 2 nitrogen and oxygen atoms in total. The van der Waals surface area contributed by atoms with Gasteiger partial charge in [-0.1, -0.05) is 36.4 Å².